The van der Waals surface area contributed by atoms with E-state index in [0.29, 0.717) is 62.4 Å². The fourth-order valence-corrected chi connectivity index (χ4v) is 8.36. The fraction of sp³-hybridized carbons (Fsp3) is 0.552. The van der Waals surface area contributed by atoms with Crippen LogP contribution in [0.3, 0.4) is 0 Å². The number of phenolic OH excluding ortho intramolecular Hbond substituents is 1. The summed E-state index contributed by atoms with van der Waals surface area (Å²) in [6.45, 7) is 33.0. The number of methoxy groups -OCH3 is 1. The van der Waals surface area contributed by atoms with Gasteiger partial charge in [0, 0.05) is 36.8 Å². The number of phenols is 1. The standard InChI is InChI=1S/C58H81NO9/c1-17-20-64-50-38-23-36-33-47(67-35-48(53(61)63-16)59-54(62)68-58(13,14)15)34-37(49(36)60)24-39-28-45(56(7,8)9)30-41(51(39)65-21-18-2)26-43-32-46(57(10,11)12)31-42(52(43)66-22-19-3)25-40(50)29-44(27-38)55(4,5)6/h27-34,48,60H,17-26,35H2,1-16H3,(H,59,62)/t48-/m0/s1. The highest BCUT2D eigenvalue weighted by Crippen LogP contribution is 2.44. The lowest BCUT2D eigenvalue weighted by Crippen LogP contribution is -2.47. The van der Waals surface area contributed by atoms with Crippen LogP contribution in [0.4, 0.5) is 4.79 Å². The number of hydrogen-bond donors (Lipinski definition) is 2. The van der Waals surface area contributed by atoms with Gasteiger partial charge in [0.15, 0.2) is 6.04 Å². The van der Waals surface area contributed by atoms with Crippen LogP contribution in [0.25, 0.3) is 0 Å². The zero-order valence-corrected chi connectivity index (χ0v) is 44.2. The van der Waals surface area contributed by atoms with Gasteiger partial charge in [0.2, 0.25) is 0 Å². The summed E-state index contributed by atoms with van der Waals surface area (Å²) in [5, 5.41) is 15.2. The van der Waals surface area contributed by atoms with Gasteiger partial charge in [-0.05, 0) is 118 Å². The van der Waals surface area contributed by atoms with Crippen LogP contribution in [0.15, 0.2) is 48.5 Å². The van der Waals surface area contributed by atoms with Crippen molar-refractivity contribution in [3.05, 3.63) is 110 Å². The number of esters is 1. The molecule has 0 unspecified atom stereocenters. The second-order valence-electron chi connectivity index (χ2n) is 22.5. The molecule has 0 heterocycles. The second-order valence-corrected chi connectivity index (χ2v) is 22.5. The van der Waals surface area contributed by atoms with E-state index in [-0.39, 0.29) is 28.6 Å². The Hall–Kier alpha value is -5.38. The van der Waals surface area contributed by atoms with Gasteiger partial charge >= 0.3 is 12.1 Å². The molecule has 0 saturated heterocycles. The third-order valence-corrected chi connectivity index (χ3v) is 12.0. The van der Waals surface area contributed by atoms with Crippen molar-refractivity contribution in [2.75, 3.05) is 33.5 Å². The highest BCUT2D eigenvalue weighted by Gasteiger charge is 2.30. The van der Waals surface area contributed by atoms with E-state index in [1.54, 1.807) is 20.8 Å². The summed E-state index contributed by atoms with van der Waals surface area (Å²) >= 11 is 0. The molecule has 0 saturated carbocycles. The molecule has 10 nitrogen and oxygen atoms in total. The normalized spacial score (nSPS) is 13.6. The van der Waals surface area contributed by atoms with E-state index in [4.69, 9.17) is 28.4 Å². The predicted molar refractivity (Wildman–Crippen MR) is 273 cm³/mol. The van der Waals surface area contributed by atoms with Gasteiger partial charge in [-0.15, -0.1) is 0 Å². The van der Waals surface area contributed by atoms with Gasteiger partial charge in [-0.2, -0.15) is 0 Å². The quantitative estimate of drug-likeness (QED) is 0.105. The molecule has 8 bridgehead atoms. The Labute approximate surface area is 407 Å². The minimum Gasteiger partial charge on any atom is -0.507 e. The van der Waals surface area contributed by atoms with E-state index >= 15 is 0 Å². The monoisotopic (exact) mass is 936 g/mol. The lowest BCUT2D eigenvalue weighted by molar-refractivity contribution is -0.143. The van der Waals surface area contributed by atoms with Gasteiger partial charge in [-0.1, -0.05) is 119 Å². The van der Waals surface area contributed by atoms with Crippen LogP contribution in [0.5, 0.6) is 28.7 Å². The molecule has 10 heteroatoms. The number of aromatic hydroxyl groups is 1. The molecule has 4 aromatic rings. The summed E-state index contributed by atoms with van der Waals surface area (Å²) in [7, 11) is 1.26. The van der Waals surface area contributed by atoms with Crippen molar-refractivity contribution in [3.8, 4) is 28.7 Å². The molecule has 1 atom stereocenters. The summed E-state index contributed by atoms with van der Waals surface area (Å²) in [6.07, 6.45) is 3.43. The number of amides is 1. The molecular weight excluding hydrogens is 855 g/mol. The number of nitrogens with one attached hydrogen (secondary N) is 1. The van der Waals surface area contributed by atoms with Crippen molar-refractivity contribution < 1.29 is 43.1 Å². The molecule has 4 aromatic carbocycles. The van der Waals surface area contributed by atoms with Crippen molar-refractivity contribution in [1.29, 1.82) is 0 Å². The summed E-state index contributed by atoms with van der Waals surface area (Å²) in [4.78, 5) is 26.0. The SMILES string of the molecule is CCCOc1c2cc(C(C)(C)C)cc1Cc1cc(C(C)(C)C)cc(c1OCCC)Cc1cc(C(C)(C)C)cc(c1OCCC)Cc1cc(OC[C@H](NC(=O)OC(C)(C)C)C(=O)OC)cc(c1O)C2. The molecular formula is C58H81NO9. The van der Waals surface area contributed by atoms with Crippen molar-refractivity contribution >= 4 is 12.1 Å². The van der Waals surface area contributed by atoms with Crippen molar-refractivity contribution in [2.45, 2.75) is 177 Å². The van der Waals surface area contributed by atoms with Crippen molar-refractivity contribution in [3.63, 3.8) is 0 Å². The molecule has 1 aliphatic carbocycles. The van der Waals surface area contributed by atoms with Gasteiger partial charge in [0.1, 0.15) is 41.0 Å². The van der Waals surface area contributed by atoms with Gasteiger partial charge < -0.3 is 38.8 Å². The van der Waals surface area contributed by atoms with Gasteiger partial charge in [0.25, 0.3) is 0 Å². The Morgan fingerprint density at radius 1 is 0.529 bits per heavy atom. The number of ether oxygens (including phenoxy) is 6. The van der Waals surface area contributed by atoms with Crippen LogP contribution in [0.2, 0.25) is 0 Å². The Morgan fingerprint density at radius 2 is 0.853 bits per heavy atom. The molecule has 2 N–H and O–H groups in total. The maximum absolute atomic E-state index is 13.1. The average molecular weight is 936 g/mol. The van der Waals surface area contributed by atoms with Crippen LogP contribution in [-0.4, -0.2) is 62.3 Å². The van der Waals surface area contributed by atoms with Crippen molar-refractivity contribution in [1.82, 2.24) is 5.32 Å². The number of hydrogen-bond acceptors (Lipinski definition) is 9. The number of benzene rings is 4. The summed E-state index contributed by atoms with van der Waals surface area (Å²) in [5.41, 5.74) is 9.46. The third kappa shape index (κ3) is 13.9. The molecule has 1 amide bonds. The highest BCUT2D eigenvalue weighted by molar-refractivity contribution is 5.81. The number of carbonyl (C=O) groups excluding carboxylic acids is 2. The number of rotatable bonds is 14. The molecule has 5 rings (SSSR count). The van der Waals surface area contributed by atoms with Crippen LogP contribution in [0, 0.1) is 0 Å². The first-order valence-electron chi connectivity index (χ1n) is 24.7. The topological polar surface area (TPSA) is 122 Å². The lowest BCUT2D eigenvalue weighted by atomic mass is 9.80. The van der Waals surface area contributed by atoms with Crippen LogP contribution >= 0.6 is 0 Å². The zero-order valence-electron chi connectivity index (χ0n) is 44.2. The first-order chi connectivity index (χ1) is 31.8. The maximum Gasteiger partial charge on any atom is 0.408 e. The Bertz CT molecular complexity index is 2280. The summed E-state index contributed by atoms with van der Waals surface area (Å²) in [6, 6.07) is 16.1. The number of carbonyl (C=O) groups is 2. The Kier molecular flexibility index (Phi) is 17.3. The minimum absolute atomic E-state index is 0.129. The zero-order chi connectivity index (χ0) is 50.4. The number of alkyl carbamates (subject to hydrolysis) is 1. The van der Waals surface area contributed by atoms with E-state index in [0.717, 1.165) is 81.0 Å². The molecule has 1 aliphatic rings. The molecule has 0 spiro atoms. The van der Waals surface area contributed by atoms with Crippen LogP contribution < -0.4 is 24.3 Å². The number of fused-ring (bicyclic) bond motifs is 8. The van der Waals surface area contributed by atoms with Gasteiger partial charge in [-0.3, -0.25) is 0 Å². The van der Waals surface area contributed by atoms with E-state index in [1.807, 2.05) is 12.1 Å². The van der Waals surface area contributed by atoms with E-state index < -0.39 is 23.7 Å². The van der Waals surface area contributed by atoms with Crippen LogP contribution in [-0.2, 0) is 56.2 Å². The molecule has 68 heavy (non-hydrogen) atoms. The summed E-state index contributed by atoms with van der Waals surface area (Å²) in [5.74, 6) is 2.31. The molecule has 0 radical (unpaired) electrons. The first-order valence-corrected chi connectivity index (χ1v) is 24.7. The largest absolute Gasteiger partial charge is 0.507 e. The molecule has 0 aromatic heterocycles. The maximum atomic E-state index is 13.1. The highest BCUT2D eigenvalue weighted by atomic mass is 16.6. The molecule has 372 valence electrons. The predicted octanol–water partition coefficient (Wildman–Crippen LogP) is 12.8. The third-order valence-electron chi connectivity index (χ3n) is 12.0. The first kappa shape index (κ1) is 53.6. The smallest absolute Gasteiger partial charge is 0.408 e. The van der Waals surface area contributed by atoms with E-state index in [2.05, 4.69) is 125 Å². The minimum atomic E-state index is -1.18. The van der Waals surface area contributed by atoms with E-state index in [1.165, 1.54) is 12.7 Å². The van der Waals surface area contributed by atoms with Gasteiger partial charge in [-0.25, -0.2) is 9.59 Å². The van der Waals surface area contributed by atoms with Gasteiger partial charge in [0.05, 0.1) is 26.9 Å². The Morgan fingerprint density at radius 3 is 1.13 bits per heavy atom. The summed E-state index contributed by atoms with van der Waals surface area (Å²) < 4.78 is 37.5. The van der Waals surface area contributed by atoms with E-state index in [9.17, 15) is 14.7 Å². The molecule has 0 aliphatic heterocycles. The Balaban J connectivity index is 1.88. The fourth-order valence-electron chi connectivity index (χ4n) is 8.36. The lowest BCUT2D eigenvalue weighted by Gasteiger charge is -2.28. The van der Waals surface area contributed by atoms with Crippen LogP contribution in [0.1, 0.15) is 184 Å². The van der Waals surface area contributed by atoms with Crippen molar-refractivity contribution in [2.24, 2.45) is 0 Å². The molecule has 0 fully saturated rings. The second kappa shape index (κ2) is 21.9. The average Bonchev–Trinajstić information content (AvgIpc) is 3.23.